The minimum absolute atomic E-state index is 0.0920. The number of hydrogen-bond acceptors (Lipinski definition) is 4. The Kier molecular flexibility index (Phi) is 5.63. The van der Waals surface area contributed by atoms with Gasteiger partial charge in [0.05, 0.1) is 19.3 Å². The summed E-state index contributed by atoms with van der Waals surface area (Å²) in [4.78, 5) is 7.08. The van der Waals surface area contributed by atoms with Crippen LogP contribution in [0.1, 0.15) is 39.7 Å². The Morgan fingerprint density at radius 1 is 1.48 bits per heavy atom. The monoisotopic (exact) mass is 355 g/mol. The molecular formula is C16H26BrN3O. The molecule has 1 N–H and O–H groups in total. The summed E-state index contributed by atoms with van der Waals surface area (Å²) in [5.74, 6) is 1.09. The van der Waals surface area contributed by atoms with E-state index in [1.54, 1.807) is 0 Å². The average Bonchev–Trinajstić information content (AvgIpc) is 2.44. The van der Waals surface area contributed by atoms with E-state index in [9.17, 15) is 0 Å². The topological polar surface area (TPSA) is 37.4 Å². The van der Waals surface area contributed by atoms with Crippen LogP contribution in [0.5, 0.6) is 0 Å². The number of aromatic nitrogens is 1. The third kappa shape index (κ3) is 4.66. The Balaban J connectivity index is 2.25. The van der Waals surface area contributed by atoms with E-state index >= 15 is 0 Å². The molecule has 21 heavy (non-hydrogen) atoms. The lowest BCUT2D eigenvalue weighted by Gasteiger charge is -2.37. The van der Waals surface area contributed by atoms with Gasteiger partial charge >= 0.3 is 0 Å². The van der Waals surface area contributed by atoms with Gasteiger partial charge in [0.25, 0.3) is 0 Å². The van der Waals surface area contributed by atoms with E-state index in [0.29, 0.717) is 6.04 Å². The number of anilines is 1. The van der Waals surface area contributed by atoms with E-state index in [4.69, 9.17) is 4.74 Å². The largest absolute Gasteiger partial charge is 0.377 e. The van der Waals surface area contributed by atoms with Crippen LogP contribution in [0.25, 0.3) is 0 Å². The van der Waals surface area contributed by atoms with Gasteiger partial charge in [0.15, 0.2) is 0 Å². The molecule has 0 saturated carbocycles. The fourth-order valence-electron chi connectivity index (χ4n) is 2.49. The van der Waals surface area contributed by atoms with Crippen molar-refractivity contribution in [1.29, 1.82) is 0 Å². The molecule has 1 atom stereocenters. The molecule has 118 valence electrons. The molecule has 5 heteroatoms. The molecule has 1 unspecified atom stereocenters. The minimum atomic E-state index is 0.0920. The molecule has 1 aliphatic rings. The first-order chi connectivity index (χ1) is 9.90. The van der Waals surface area contributed by atoms with Crippen molar-refractivity contribution in [3.8, 4) is 0 Å². The number of ether oxygens (including phenoxy) is 1. The maximum Gasteiger partial charge on any atom is 0.133 e. The van der Waals surface area contributed by atoms with Gasteiger partial charge in [0.2, 0.25) is 0 Å². The Morgan fingerprint density at radius 3 is 2.90 bits per heavy atom. The molecule has 1 aliphatic heterocycles. The van der Waals surface area contributed by atoms with E-state index in [-0.39, 0.29) is 5.54 Å². The van der Waals surface area contributed by atoms with Crippen LogP contribution in [-0.2, 0) is 11.3 Å². The van der Waals surface area contributed by atoms with Crippen molar-refractivity contribution < 1.29 is 4.74 Å². The lowest BCUT2D eigenvalue weighted by Crippen LogP contribution is -2.46. The second-order valence-corrected chi connectivity index (χ2v) is 7.49. The van der Waals surface area contributed by atoms with Crippen molar-refractivity contribution in [1.82, 2.24) is 10.3 Å². The average molecular weight is 356 g/mol. The summed E-state index contributed by atoms with van der Waals surface area (Å²) in [6, 6.07) is 2.59. The Bertz CT molecular complexity index is 473. The number of rotatable bonds is 4. The van der Waals surface area contributed by atoms with Crippen LogP contribution in [0, 0.1) is 0 Å². The summed E-state index contributed by atoms with van der Waals surface area (Å²) in [5.41, 5.74) is 1.33. The smallest absolute Gasteiger partial charge is 0.133 e. The van der Waals surface area contributed by atoms with Crippen molar-refractivity contribution >= 4 is 21.7 Å². The molecule has 0 aliphatic carbocycles. The van der Waals surface area contributed by atoms with Gasteiger partial charge in [-0.3, -0.25) is 0 Å². The highest BCUT2D eigenvalue weighted by atomic mass is 79.9. The number of nitrogens with zero attached hydrogens (tertiary/aromatic N) is 2. The zero-order chi connectivity index (χ0) is 15.5. The standard InChI is InChI=1S/C16H26BrN3O/c1-5-14-11-21-7-6-20(14)15-12(8-13(17)10-18-15)9-19-16(2,3)4/h8,10,14,19H,5-7,9,11H2,1-4H3. The van der Waals surface area contributed by atoms with Crippen molar-refractivity contribution in [3.63, 3.8) is 0 Å². The molecule has 1 aromatic heterocycles. The maximum absolute atomic E-state index is 5.61. The number of morpholine rings is 1. The van der Waals surface area contributed by atoms with Crippen LogP contribution in [0.2, 0.25) is 0 Å². The molecule has 0 spiro atoms. The van der Waals surface area contributed by atoms with Crippen LogP contribution in [0.15, 0.2) is 16.7 Å². The van der Waals surface area contributed by atoms with Crippen LogP contribution in [-0.4, -0.2) is 36.3 Å². The summed E-state index contributed by atoms with van der Waals surface area (Å²) < 4.78 is 6.63. The molecule has 1 aromatic rings. The maximum atomic E-state index is 5.61. The molecule has 0 aromatic carbocycles. The zero-order valence-electron chi connectivity index (χ0n) is 13.4. The molecule has 2 rings (SSSR count). The molecule has 1 saturated heterocycles. The highest BCUT2D eigenvalue weighted by Gasteiger charge is 2.25. The van der Waals surface area contributed by atoms with Crippen LogP contribution >= 0.6 is 15.9 Å². The second kappa shape index (κ2) is 7.07. The lowest BCUT2D eigenvalue weighted by atomic mass is 10.1. The van der Waals surface area contributed by atoms with Crippen LogP contribution in [0.4, 0.5) is 5.82 Å². The fraction of sp³-hybridized carbons (Fsp3) is 0.688. The molecule has 2 heterocycles. The first-order valence-corrected chi connectivity index (χ1v) is 8.44. The van der Waals surface area contributed by atoms with Gasteiger partial charge < -0.3 is 15.0 Å². The molecule has 0 amide bonds. The highest BCUT2D eigenvalue weighted by Crippen LogP contribution is 2.26. The summed E-state index contributed by atoms with van der Waals surface area (Å²) >= 11 is 3.54. The highest BCUT2D eigenvalue weighted by molar-refractivity contribution is 9.10. The number of halogens is 1. The lowest BCUT2D eigenvalue weighted by molar-refractivity contribution is 0.0924. The zero-order valence-corrected chi connectivity index (χ0v) is 15.0. The summed E-state index contributed by atoms with van der Waals surface area (Å²) in [7, 11) is 0. The Morgan fingerprint density at radius 2 is 2.24 bits per heavy atom. The van der Waals surface area contributed by atoms with Gasteiger partial charge in [-0.15, -0.1) is 0 Å². The summed E-state index contributed by atoms with van der Waals surface area (Å²) in [5, 5.41) is 3.56. The van der Waals surface area contributed by atoms with Gasteiger partial charge in [-0.05, 0) is 49.2 Å². The third-order valence-corrected chi connectivity index (χ3v) is 4.12. The fourth-order valence-corrected chi connectivity index (χ4v) is 2.87. The molecule has 4 nitrogen and oxygen atoms in total. The number of nitrogens with one attached hydrogen (secondary N) is 1. The van der Waals surface area contributed by atoms with Crippen molar-refractivity contribution in [3.05, 3.63) is 22.3 Å². The van der Waals surface area contributed by atoms with Crippen molar-refractivity contribution in [2.24, 2.45) is 0 Å². The first kappa shape index (κ1) is 16.7. The second-order valence-electron chi connectivity index (χ2n) is 6.57. The van der Waals surface area contributed by atoms with Gasteiger partial charge in [0.1, 0.15) is 5.82 Å². The van der Waals surface area contributed by atoms with Gasteiger partial charge in [-0.1, -0.05) is 6.92 Å². The molecular weight excluding hydrogens is 330 g/mol. The summed E-state index contributed by atoms with van der Waals surface area (Å²) in [6.45, 7) is 12.1. The van der Waals surface area contributed by atoms with Crippen molar-refractivity contribution in [2.75, 3.05) is 24.7 Å². The molecule has 0 radical (unpaired) electrons. The Hall–Kier alpha value is -0.650. The first-order valence-electron chi connectivity index (χ1n) is 7.64. The predicted octanol–water partition coefficient (Wildman–Crippen LogP) is 3.35. The Labute approximate surface area is 136 Å². The van der Waals surface area contributed by atoms with E-state index < -0.39 is 0 Å². The molecule has 0 bridgehead atoms. The van der Waals surface area contributed by atoms with Crippen molar-refractivity contribution in [2.45, 2.75) is 52.2 Å². The molecule has 1 fully saturated rings. The quantitative estimate of drug-likeness (QED) is 0.898. The minimum Gasteiger partial charge on any atom is -0.377 e. The van der Waals surface area contributed by atoms with Crippen LogP contribution in [0.3, 0.4) is 0 Å². The van der Waals surface area contributed by atoms with Gasteiger partial charge in [-0.25, -0.2) is 4.98 Å². The van der Waals surface area contributed by atoms with Gasteiger partial charge in [0, 0.05) is 34.9 Å². The van der Waals surface area contributed by atoms with Crippen LogP contribution < -0.4 is 10.2 Å². The number of hydrogen-bond donors (Lipinski definition) is 1. The van der Waals surface area contributed by atoms with Gasteiger partial charge in [-0.2, -0.15) is 0 Å². The predicted molar refractivity (Wildman–Crippen MR) is 90.8 cm³/mol. The SMILES string of the molecule is CCC1COCCN1c1ncc(Br)cc1CNC(C)(C)C. The van der Waals surface area contributed by atoms with E-state index in [0.717, 1.165) is 43.0 Å². The van der Waals surface area contributed by atoms with E-state index in [2.05, 4.69) is 64.9 Å². The number of pyridine rings is 1. The summed E-state index contributed by atoms with van der Waals surface area (Å²) in [6.07, 6.45) is 2.96. The third-order valence-electron chi connectivity index (χ3n) is 3.69. The van der Waals surface area contributed by atoms with E-state index in [1.165, 1.54) is 5.56 Å². The normalized spacial score (nSPS) is 19.9. The van der Waals surface area contributed by atoms with E-state index in [1.807, 2.05) is 6.20 Å².